The molecule has 0 aliphatic carbocycles. The van der Waals surface area contributed by atoms with Crippen molar-refractivity contribution >= 4 is 27.6 Å². The summed E-state index contributed by atoms with van der Waals surface area (Å²) in [5, 5.41) is 0.576. The van der Waals surface area contributed by atoms with E-state index in [-0.39, 0.29) is 30.6 Å². The minimum absolute atomic E-state index is 0.162. The highest BCUT2D eigenvalue weighted by atomic mass is 35.5. The fourth-order valence-electron chi connectivity index (χ4n) is 3.90. The zero-order chi connectivity index (χ0) is 22.7. The van der Waals surface area contributed by atoms with E-state index in [1.165, 1.54) is 16.4 Å². The Bertz CT molecular complexity index is 1070. The number of ether oxygens (including phenoxy) is 3. The number of fused-ring (bicyclic) bond motifs is 1. The predicted octanol–water partition coefficient (Wildman–Crippen LogP) is 2.72. The van der Waals surface area contributed by atoms with Gasteiger partial charge in [0.2, 0.25) is 10.0 Å². The highest BCUT2D eigenvalue weighted by Crippen LogP contribution is 2.34. The maximum Gasteiger partial charge on any atom is 0.328 e. The van der Waals surface area contributed by atoms with Crippen LogP contribution in [-0.4, -0.2) is 69.6 Å². The number of hydrogen-bond donors (Lipinski definition) is 0. The topological polar surface area (TPSA) is 85.4 Å². The van der Waals surface area contributed by atoms with Crippen molar-refractivity contribution < 1.29 is 27.4 Å². The van der Waals surface area contributed by atoms with Gasteiger partial charge in [0.05, 0.1) is 11.5 Å². The van der Waals surface area contributed by atoms with E-state index in [1.807, 2.05) is 4.90 Å². The smallest absolute Gasteiger partial charge is 0.328 e. The molecule has 0 unspecified atom stereocenters. The molecule has 8 nitrogen and oxygen atoms in total. The molecular formula is C22H25ClN2O6S. The molecule has 4 rings (SSSR count). The van der Waals surface area contributed by atoms with Gasteiger partial charge in [-0.25, -0.2) is 13.2 Å². The number of carbonyl (C=O) groups excluding carboxylic acids is 1. The summed E-state index contributed by atoms with van der Waals surface area (Å²) in [4.78, 5) is 14.8. The molecule has 0 saturated carbocycles. The van der Waals surface area contributed by atoms with Crippen molar-refractivity contribution in [2.45, 2.75) is 17.9 Å². The molecule has 1 saturated heterocycles. The Balaban J connectivity index is 1.50. The van der Waals surface area contributed by atoms with Crippen LogP contribution < -0.4 is 9.47 Å². The number of carbonyl (C=O) groups is 1. The molecule has 0 bridgehead atoms. The third-order valence-corrected chi connectivity index (χ3v) is 7.63. The zero-order valence-electron chi connectivity index (χ0n) is 17.7. The Labute approximate surface area is 192 Å². The third-order valence-electron chi connectivity index (χ3n) is 5.49. The number of nitrogens with zero attached hydrogens (tertiary/aromatic N) is 2. The van der Waals surface area contributed by atoms with E-state index in [4.69, 9.17) is 25.8 Å². The largest absolute Gasteiger partial charge is 0.486 e. The van der Waals surface area contributed by atoms with Crippen LogP contribution in [0.5, 0.6) is 11.5 Å². The molecule has 2 aromatic rings. The molecular weight excluding hydrogens is 456 g/mol. The number of benzene rings is 2. The average molecular weight is 481 g/mol. The van der Waals surface area contributed by atoms with E-state index >= 15 is 0 Å². The summed E-state index contributed by atoms with van der Waals surface area (Å²) >= 11 is 5.99. The van der Waals surface area contributed by atoms with Gasteiger partial charge in [0.15, 0.2) is 11.5 Å². The van der Waals surface area contributed by atoms with Gasteiger partial charge < -0.3 is 14.2 Å². The van der Waals surface area contributed by atoms with Gasteiger partial charge in [0, 0.05) is 37.3 Å². The van der Waals surface area contributed by atoms with Crippen molar-refractivity contribution in [3.05, 3.63) is 53.1 Å². The number of esters is 1. The minimum Gasteiger partial charge on any atom is -0.486 e. The van der Waals surface area contributed by atoms with Gasteiger partial charge in [0.1, 0.15) is 19.3 Å². The summed E-state index contributed by atoms with van der Waals surface area (Å²) in [6, 6.07) is 11.1. The van der Waals surface area contributed by atoms with Crippen LogP contribution in [-0.2, 0) is 19.6 Å². The lowest BCUT2D eigenvalue weighted by Crippen LogP contribution is -2.51. The highest BCUT2D eigenvalue weighted by Gasteiger charge is 2.35. The first-order chi connectivity index (χ1) is 15.4. The summed E-state index contributed by atoms with van der Waals surface area (Å²) in [6.45, 7) is 4.12. The van der Waals surface area contributed by atoms with Gasteiger partial charge in [-0.05, 0) is 36.8 Å². The monoisotopic (exact) mass is 480 g/mol. The van der Waals surface area contributed by atoms with Crippen LogP contribution in [0.15, 0.2) is 47.4 Å². The Morgan fingerprint density at radius 2 is 1.69 bits per heavy atom. The fraction of sp³-hybridized carbons (Fsp3) is 0.409. The van der Waals surface area contributed by atoms with E-state index in [0.717, 1.165) is 5.56 Å². The van der Waals surface area contributed by atoms with E-state index in [0.29, 0.717) is 42.8 Å². The van der Waals surface area contributed by atoms with Crippen LogP contribution in [0.3, 0.4) is 0 Å². The molecule has 0 aromatic heterocycles. The van der Waals surface area contributed by atoms with Crippen LogP contribution in [0.2, 0.25) is 5.02 Å². The molecule has 2 aliphatic heterocycles. The normalized spacial score (nSPS) is 18.2. The van der Waals surface area contributed by atoms with E-state index in [9.17, 15) is 13.2 Å². The van der Waals surface area contributed by atoms with Crippen LogP contribution in [0.1, 0.15) is 18.5 Å². The maximum absolute atomic E-state index is 13.2. The zero-order valence-corrected chi connectivity index (χ0v) is 19.3. The summed E-state index contributed by atoms with van der Waals surface area (Å²) in [5.74, 6) is 0.610. The molecule has 0 radical (unpaired) electrons. The second-order valence-corrected chi connectivity index (χ2v) is 9.83. The SMILES string of the molecule is CCOC(=O)[C@@H](c1ccc(Cl)cc1)N1CCN(S(=O)(=O)c2ccc3c(c2)OCCO3)CC1. The van der Waals surface area contributed by atoms with Crippen molar-refractivity contribution in [2.75, 3.05) is 46.0 Å². The third kappa shape index (κ3) is 4.71. The van der Waals surface area contributed by atoms with Crippen molar-refractivity contribution in [2.24, 2.45) is 0 Å². The van der Waals surface area contributed by atoms with Crippen molar-refractivity contribution in [3.8, 4) is 11.5 Å². The summed E-state index contributed by atoms with van der Waals surface area (Å²) in [6.07, 6.45) is 0. The van der Waals surface area contributed by atoms with Crippen LogP contribution >= 0.6 is 11.6 Å². The van der Waals surface area contributed by atoms with E-state index in [1.54, 1.807) is 37.3 Å². The Morgan fingerprint density at radius 3 is 2.34 bits per heavy atom. The first-order valence-electron chi connectivity index (χ1n) is 10.5. The van der Waals surface area contributed by atoms with Gasteiger partial charge in [0.25, 0.3) is 0 Å². The molecule has 0 spiro atoms. The van der Waals surface area contributed by atoms with Gasteiger partial charge in [-0.1, -0.05) is 23.7 Å². The molecule has 1 fully saturated rings. The minimum atomic E-state index is -3.71. The molecule has 10 heteroatoms. The fourth-order valence-corrected chi connectivity index (χ4v) is 5.46. The van der Waals surface area contributed by atoms with Crippen molar-refractivity contribution in [1.82, 2.24) is 9.21 Å². The second-order valence-electron chi connectivity index (χ2n) is 7.45. The Morgan fingerprint density at radius 1 is 1.03 bits per heavy atom. The maximum atomic E-state index is 13.2. The molecule has 2 aliphatic rings. The molecule has 0 amide bonds. The van der Waals surface area contributed by atoms with Crippen LogP contribution in [0.4, 0.5) is 0 Å². The molecule has 2 heterocycles. The first kappa shape index (κ1) is 22.8. The lowest BCUT2D eigenvalue weighted by Gasteiger charge is -2.37. The lowest BCUT2D eigenvalue weighted by molar-refractivity contribution is -0.150. The number of sulfonamides is 1. The standard InChI is InChI=1S/C22H25ClN2O6S/c1-2-29-22(26)21(16-3-5-17(23)6-4-16)24-9-11-25(12-10-24)32(27,28)18-7-8-19-20(15-18)31-14-13-30-19/h3-8,15,21H,2,9-14H2,1H3/t21-/m1/s1. The second kappa shape index (κ2) is 9.66. The Kier molecular flexibility index (Phi) is 6.90. The molecule has 32 heavy (non-hydrogen) atoms. The highest BCUT2D eigenvalue weighted by molar-refractivity contribution is 7.89. The number of hydrogen-bond acceptors (Lipinski definition) is 7. The van der Waals surface area contributed by atoms with E-state index < -0.39 is 16.1 Å². The number of halogens is 1. The molecule has 0 N–H and O–H groups in total. The molecule has 2 aromatic carbocycles. The van der Waals surface area contributed by atoms with Crippen LogP contribution in [0.25, 0.3) is 0 Å². The van der Waals surface area contributed by atoms with Gasteiger partial charge in [-0.2, -0.15) is 4.31 Å². The van der Waals surface area contributed by atoms with Gasteiger partial charge in [-0.15, -0.1) is 0 Å². The number of piperazine rings is 1. The van der Waals surface area contributed by atoms with Crippen molar-refractivity contribution in [3.63, 3.8) is 0 Å². The lowest BCUT2D eigenvalue weighted by atomic mass is 10.0. The van der Waals surface area contributed by atoms with Crippen LogP contribution in [0, 0.1) is 0 Å². The van der Waals surface area contributed by atoms with Crippen molar-refractivity contribution in [1.29, 1.82) is 0 Å². The van der Waals surface area contributed by atoms with E-state index in [2.05, 4.69) is 0 Å². The molecule has 1 atom stereocenters. The molecule has 172 valence electrons. The average Bonchev–Trinajstić information content (AvgIpc) is 2.81. The number of rotatable bonds is 6. The van der Waals surface area contributed by atoms with Gasteiger partial charge in [-0.3, -0.25) is 4.90 Å². The Hall–Kier alpha value is -2.33. The summed E-state index contributed by atoms with van der Waals surface area (Å²) < 4.78 is 44.1. The quantitative estimate of drug-likeness (QED) is 0.587. The summed E-state index contributed by atoms with van der Waals surface area (Å²) in [7, 11) is -3.71. The predicted molar refractivity (Wildman–Crippen MR) is 119 cm³/mol. The first-order valence-corrected chi connectivity index (χ1v) is 12.3. The van der Waals surface area contributed by atoms with Gasteiger partial charge >= 0.3 is 5.97 Å². The summed E-state index contributed by atoms with van der Waals surface area (Å²) in [5.41, 5.74) is 0.760.